The molecule has 0 radical (unpaired) electrons. The minimum atomic E-state index is -0.490. The van der Waals surface area contributed by atoms with E-state index in [1.165, 1.54) is 10.6 Å². The Labute approximate surface area is 185 Å². The molecule has 2 heterocycles. The molecule has 32 heavy (non-hydrogen) atoms. The number of aromatic nitrogens is 4. The number of thioether (sulfide) groups is 1. The molecule has 4 rings (SSSR count). The number of para-hydroxylation sites is 1. The summed E-state index contributed by atoms with van der Waals surface area (Å²) in [7, 11) is 0. The summed E-state index contributed by atoms with van der Waals surface area (Å²) < 4.78 is 3.20. The minimum absolute atomic E-state index is 0.00260. The van der Waals surface area contributed by atoms with E-state index in [0.29, 0.717) is 33.1 Å². The van der Waals surface area contributed by atoms with E-state index in [1.807, 2.05) is 6.07 Å². The summed E-state index contributed by atoms with van der Waals surface area (Å²) in [6, 6.07) is 11.6. The number of nitrogens with one attached hydrogen (secondary N) is 1. The van der Waals surface area contributed by atoms with Crippen LogP contribution in [-0.2, 0) is 11.3 Å². The Morgan fingerprint density at radius 3 is 2.81 bits per heavy atom. The standard InChI is InChI=1S/C21H18N6O4S/c1-3-10-25-19(29)15-6-4-5-7-16(15)26-20(25)23-24-21(26)32-12-18(28)22-14-9-8-13(2)17(11-14)27(30)31/h3-9,11H,1,10,12H2,2H3,(H,22,28). The van der Waals surface area contributed by atoms with Crippen LogP contribution in [0, 0.1) is 17.0 Å². The van der Waals surface area contributed by atoms with Gasteiger partial charge in [-0.05, 0) is 25.1 Å². The zero-order valence-electron chi connectivity index (χ0n) is 17.0. The fraction of sp³-hybridized carbons (Fsp3) is 0.143. The molecule has 2 aromatic carbocycles. The van der Waals surface area contributed by atoms with E-state index in [9.17, 15) is 19.7 Å². The largest absolute Gasteiger partial charge is 0.325 e. The molecule has 0 bridgehead atoms. The number of anilines is 1. The lowest BCUT2D eigenvalue weighted by Crippen LogP contribution is -2.22. The van der Waals surface area contributed by atoms with Crippen LogP contribution in [0.1, 0.15) is 5.56 Å². The number of carbonyl (C=O) groups is 1. The number of hydrogen-bond donors (Lipinski definition) is 1. The molecule has 0 atom stereocenters. The second-order valence-electron chi connectivity index (χ2n) is 6.93. The highest BCUT2D eigenvalue weighted by atomic mass is 32.2. The summed E-state index contributed by atoms with van der Waals surface area (Å²) >= 11 is 1.15. The maximum absolute atomic E-state index is 12.8. The molecular weight excluding hydrogens is 432 g/mol. The van der Waals surface area contributed by atoms with Crippen LogP contribution in [0.15, 0.2) is 65.1 Å². The SMILES string of the molecule is C=CCn1c(=O)c2ccccc2n2c(SCC(=O)Nc3ccc(C)c([N+](=O)[O-])c3)nnc12. The molecule has 0 fully saturated rings. The number of nitro benzene ring substituents is 1. The molecule has 0 aliphatic rings. The van der Waals surface area contributed by atoms with Gasteiger partial charge in [0, 0.05) is 23.9 Å². The third-order valence-electron chi connectivity index (χ3n) is 4.81. The third-order valence-corrected chi connectivity index (χ3v) is 5.74. The quantitative estimate of drug-likeness (QED) is 0.198. The summed E-state index contributed by atoms with van der Waals surface area (Å²) in [5.41, 5.74) is 1.22. The number of fused-ring (bicyclic) bond motifs is 3. The van der Waals surface area contributed by atoms with Crippen LogP contribution in [0.2, 0.25) is 0 Å². The van der Waals surface area contributed by atoms with Crippen LogP contribution in [0.4, 0.5) is 11.4 Å². The van der Waals surface area contributed by atoms with Crippen molar-refractivity contribution in [3.05, 3.63) is 81.2 Å². The van der Waals surface area contributed by atoms with Gasteiger partial charge in [-0.25, -0.2) is 0 Å². The van der Waals surface area contributed by atoms with Crippen molar-refractivity contribution in [3.8, 4) is 0 Å². The molecule has 0 saturated carbocycles. The molecule has 0 unspecified atom stereocenters. The van der Waals surface area contributed by atoms with E-state index < -0.39 is 4.92 Å². The molecule has 1 N–H and O–H groups in total. The zero-order chi connectivity index (χ0) is 22.8. The molecule has 1 amide bonds. The average molecular weight is 450 g/mol. The molecule has 0 aliphatic heterocycles. The molecule has 0 aliphatic carbocycles. The molecular formula is C21H18N6O4S. The topological polar surface area (TPSA) is 124 Å². The van der Waals surface area contributed by atoms with Gasteiger partial charge in [0.2, 0.25) is 11.7 Å². The first-order valence-electron chi connectivity index (χ1n) is 9.56. The molecule has 0 spiro atoms. The van der Waals surface area contributed by atoms with Gasteiger partial charge in [0.15, 0.2) is 5.16 Å². The monoisotopic (exact) mass is 450 g/mol. The van der Waals surface area contributed by atoms with Gasteiger partial charge < -0.3 is 5.32 Å². The van der Waals surface area contributed by atoms with Crippen LogP contribution >= 0.6 is 11.8 Å². The number of aryl methyl sites for hydroxylation is 1. The average Bonchev–Trinajstić information content (AvgIpc) is 3.20. The second kappa shape index (κ2) is 8.63. The van der Waals surface area contributed by atoms with Crippen molar-refractivity contribution in [1.29, 1.82) is 0 Å². The maximum Gasteiger partial charge on any atom is 0.274 e. The molecule has 10 nitrogen and oxygen atoms in total. The first-order valence-corrected chi connectivity index (χ1v) is 10.5. The molecule has 11 heteroatoms. The van der Waals surface area contributed by atoms with Crippen LogP contribution in [0.25, 0.3) is 16.7 Å². The number of rotatable bonds is 7. The fourth-order valence-corrected chi connectivity index (χ4v) is 4.07. The highest BCUT2D eigenvalue weighted by Crippen LogP contribution is 2.24. The maximum atomic E-state index is 12.8. The number of nitro groups is 1. The lowest BCUT2D eigenvalue weighted by molar-refractivity contribution is -0.385. The lowest BCUT2D eigenvalue weighted by atomic mass is 10.2. The highest BCUT2D eigenvalue weighted by Gasteiger charge is 2.18. The number of hydrogen-bond acceptors (Lipinski definition) is 7. The van der Waals surface area contributed by atoms with E-state index in [4.69, 9.17) is 0 Å². The summed E-state index contributed by atoms with van der Waals surface area (Å²) in [5.74, 6) is -0.00326. The van der Waals surface area contributed by atoms with Gasteiger partial charge in [-0.2, -0.15) is 0 Å². The Kier molecular flexibility index (Phi) is 5.73. The van der Waals surface area contributed by atoms with Crippen LogP contribution in [0.3, 0.4) is 0 Å². The Morgan fingerprint density at radius 2 is 2.06 bits per heavy atom. The van der Waals surface area contributed by atoms with Gasteiger partial charge in [-0.15, -0.1) is 16.8 Å². The zero-order valence-corrected chi connectivity index (χ0v) is 17.8. The first-order chi connectivity index (χ1) is 15.4. The van der Waals surface area contributed by atoms with Crippen LogP contribution in [0.5, 0.6) is 0 Å². The van der Waals surface area contributed by atoms with Gasteiger partial charge in [0.05, 0.1) is 21.6 Å². The number of allylic oxidation sites excluding steroid dienone is 1. The second-order valence-corrected chi connectivity index (χ2v) is 7.88. The fourth-order valence-electron chi connectivity index (χ4n) is 3.33. The Bertz CT molecular complexity index is 1440. The van der Waals surface area contributed by atoms with Crippen LogP contribution < -0.4 is 10.9 Å². The summed E-state index contributed by atoms with van der Waals surface area (Å²) in [6.45, 7) is 5.59. The van der Waals surface area contributed by atoms with E-state index >= 15 is 0 Å². The van der Waals surface area contributed by atoms with Crippen molar-refractivity contribution in [2.24, 2.45) is 0 Å². The van der Waals surface area contributed by atoms with Crippen LogP contribution in [-0.4, -0.2) is 35.7 Å². The summed E-state index contributed by atoms with van der Waals surface area (Å²) in [5, 5.41) is 23.0. The Morgan fingerprint density at radius 1 is 1.28 bits per heavy atom. The van der Waals surface area contributed by atoms with Crippen molar-refractivity contribution < 1.29 is 9.72 Å². The summed E-state index contributed by atoms with van der Waals surface area (Å²) in [4.78, 5) is 35.9. The van der Waals surface area contributed by atoms with Gasteiger partial charge in [-0.1, -0.05) is 36.0 Å². The molecule has 4 aromatic rings. The first kappa shape index (κ1) is 21.2. The van der Waals surface area contributed by atoms with E-state index in [1.54, 1.807) is 47.7 Å². The highest BCUT2D eigenvalue weighted by molar-refractivity contribution is 7.99. The third kappa shape index (κ3) is 3.85. The van der Waals surface area contributed by atoms with Crippen molar-refractivity contribution in [3.63, 3.8) is 0 Å². The van der Waals surface area contributed by atoms with E-state index in [-0.39, 0.29) is 29.5 Å². The Hall–Kier alpha value is -3.99. The smallest absolute Gasteiger partial charge is 0.274 e. The van der Waals surface area contributed by atoms with Crippen molar-refractivity contribution in [2.75, 3.05) is 11.1 Å². The van der Waals surface area contributed by atoms with E-state index in [0.717, 1.165) is 11.8 Å². The van der Waals surface area contributed by atoms with Gasteiger partial charge >= 0.3 is 0 Å². The normalized spacial score (nSPS) is 11.0. The molecule has 2 aromatic heterocycles. The molecule has 0 saturated heterocycles. The van der Waals surface area contributed by atoms with Gasteiger partial charge in [0.1, 0.15) is 0 Å². The Balaban J connectivity index is 1.62. The van der Waals surface area contributed by atoms with Gasteiger partial charge in [-0.3, -0.25) is 28.7 Å². The number of carbonyl (C=O) groups excluding carboxylic acids is 1. The predicted molar refractivity (Wildman–Crippen MR) is 122 cm³/mol. The number of amides is 1. The predicted octanol–water partition coefficient (Wildman–Crippen LogP) is 3.18. The molecule has 162 valence electrons. The minimum Gasteiger partial charge on any atom is -0.325 e. The van der Waals surface area contributed by atoms with E-state index in [2.05, 4.69) is 22.1 Å². The van der Waals surface area contributed by atoms with Gasteiger partial charge in [0.25, 0.3) is 11.2 Å². The lowest BCUT2D eigenvalue weighted by Gasteiger charge is -2.09. The number of nitrogens with zero attached hydrogens (tertiary/aromatic N) is 5. The van der Waals surface area contributed by atoms with Crippen molar-refractivity contribution in [2.45, 2.75) is 18.6 Å². The van der Waals surface area contributed by atoms with Crippen molar-refractivity contribution in [1.82, 2.24) is 19.2 Å². The van der Waals surface area contributed by atoms with Crippen molar-refractivity contribution >= 4 is 45.7 Å². The number of benzene rings is 2. The summed E-state index contributed by atoms with van der Waals surface area (Å²) in [6.07, 6.45) is 1.60.